The van der Waals surface area contributed by atoms with Crippen LogP contribution >= 0.6 is 0 Å². The zero-order valence-corrected chi connectivity index (χ0v) is 25.3. The van der Waals surface area contributed by atoms with Crippen LogP contribution in [0.25, 0.3) is 10.9 Å². The summed E-state index contributed by atoms with van der Waals surface area (Å²) in [6.07, 6.45) is 2.50. The summed E-state index contributed by atoms with van der Waals surface area (Å²) in [5.41, 5.74) is 2.78. The van der Waals surface area contributed by atoms with Crippen molar-refractivity contribution in [2.24, 2.45) is 17.3 Å². The molecule has 6 rings (SSSR count). The summed E-state index contributed by atoms with van der Waals surface area (Å²) in [4.78, 5) is 23.6. The van der Waals surface area contributed by atoms with Crippen LogP contribution in [0.15, 0.2) is 42.5 Å². The van der Waals surface area contributed by atoms with Gasteiger partial charge in [-0.15, -0.1) is 0 Å². The van der Waals surface area contributed by atoms with Crippen molar-refractivity contribution in [3.05, 3.63) is 99.5 Å². The second kappa shape index (κ2) is 12.4. The number of benzene rings is 3. The van der Waals surface area contributed by atoms with Crippen LogP contribution in [-0.4, -0.2) is 33.3 Å². The maximum absolute atomic E-state index is 13.9. The summed E-state index contributed by atoms with van der Waals surface area (Å²) < 4.78 is 75.1. The SMILES string of the molecule is Cc1c(CC2C(C(=O)O)C23CC3)c2cccc(C#Cc3ccc(OCCCCc4c(F)c(F)c(F)c(F)c4F)cc3)c2n1CC(=O)O. The second-order valence-corrected chi connectivity index (χ2v) is 12.2. The number of hydrogen-bond donors (Lipinski definition) is 2. The van der Waals surface area contributed by atoms with Crippen LogP contribution in [0.4, 0.5) is 22.0 Å². The number of carboxylic acid groups (broad SMARTS) is 2. The van der Waals surface area contributed by atoms with Crippen LogP contribution < -0.4 is 4.74 Å². The molecule has 0 amide bonds. The number of rotatable bonds is 11. The number of fused-ring (bicyclic) bond motifs is 1. The van der Waals surface area contributed by atoms with Crippen LogP contribution in [0.2, 0.25) is 0 Å². The van der Waals surface area contributed by atoms with Crippen LogP contribution in [0, 0.1) is 65.1 Å². The average molecular weight is 652 g/mol. The number of aliphatic carboxylic acids is 2. The molecule has 2 atom stereocenters. The number of aromatic nitrogens is 1. The molecule has 2 N–H and O–H groups in total. The Morgan fingerprint density at radius 2 is 1.55 bits per heavy atom. The molecule has 2 unspecified atom stereocenters. The van der Waals surface area contributed by atoms with Gasteiger partial charge in [0.05, 0.1) is 18.0 Å². The highest BCUT2D eigenvalue weighted by Crippen LogP contribution is 2.75. The van der Waals surface area contributed by atoms with Gasteiger partial charge in [-0.3, -0.25) is 9.59 Å². The minimum atomic E-state index is -2.18. The van der Waals surface area contributed by atoms with Crippen LogP contribution in [-0.2, 0) is 29.0 Å². The second-order valence-electron chi connectivity index (χ2n) is 12.2. The normalized spacial score (nSPS) is 17.4. The fourth-order valence-electron chi connectivity index (χ4n) is 6.90. The first-order valence-corrected chi connectivity index (χ1v) is 15.2. The van der Waals surface area contributed by atoms with E-state index in [1.807, 2.05) is 25.1 Å². The topological polar surface area (TPSA) is 88.8 Å². The van der Waals surface area contributed by atoms with Gasteiger partial charge in [-0.2, -0.15) is 0 Å². The minimum Gasteiger partial charge on any atom is -0.494 e. The molecule has 4 aromatic rings. The molecular weight excluding hydrogens is 621 g/mol. The number of nitrogens with zero attached hydrogens (tertiary/aromatic N) is 1. The molecule has 11 heteroatoms. The van der Waals surface area contributed by atoms with Gasteiger partial charge in [0.15, 0.2) is 23.3 Å². The fraction of sp³-hybridized carbons (Fsp3) is 0.333. The molecule has 1 aromatic heterocycles. The van der Waals surface area contributed by atoms with Crippen molar-refractivity contribution < 1.29 is 46.5 Å². The number of carbonyl (C=O) groups is 2. The van der Waals surface area contributed by atoms with E-state index in [0.29, 0.717) is 35.2 Å². The Hall–Kier alpha value is -4.85. The number of carboxylic acids is 2. The van der Waals surface area contributed by atoms with Crippen molar-refractivity contribution in [3.8, 4) is 17.6 Å². The number of hydrogen-bond acceptors (Lipinski definition) is 3. The maximum Gasteiger partial charge on any atom is 0.323 e. The Morgan fingerprint density at radius 1 is 0.894 bits per heavy atom. The van der Waals surface area contributed by atoms with Crippen LogP contribution in [0.5, 0.6) is 5.75 Å². The molecule has 1 heterocycles. The first kappa shape index (κ1) is 32.1. The monoisotopic (exact) mass is 651 g/mol. The summed E-state index contributed by atoms with van der Waals surface area (Å²) in [6, 6.07) is 12.4. The van der Waals surface area contributed by atoms with Gasteiger partial charge < -0.3 is 19.5 Å². The lowest BCUT2D eigenvalue weighted by molar-refractivity contribution is -0.139. The van der Waals surface area contributed by atoms with E-state index in [1.165, 1.54) is 0 Å². The van der Waals surface area contributed by atoms with E-state index in [4.69, 9.17) is 4.74 Å². The number of unbranched alkanes of at least 4 members (excludes halogenated alkanes) is 1. The molecule has 0 saturated heterocycles. The lowest BCUT2D eigenvalue weighted by Crippen LogP contribution is -2.11. The molecular formula is C36H30F5NO5. The van der Waals surface area contributed by atoms with Crippen molar-refractivity contribution in [1.29, 1.82) is 0 Å². The zero-order chi connectivity index (χ0) is 33.6. The highest BCUT2D eigenvalue weighted by atomic mass is 19.2. The Kier molecular flexibility index (Phi) is 8.47. The van der Waals surface area contributed by atoms with Gasteiger partial charge in [-0.25, -0.2) is 22.0 Å². The highest BCUT2D eigenvalue weighted by molar-refractivity contribution is 5.92. The third kappa shape index (κ3) is 5.93. The first-order chi connectivity index (χ1) is 22.4. The van der Waals surface area contributed by atoms with E-state index in [9.17, 15) is 41.8 Å². The number of para-hydroxylation sites is 1. The fourth-order valence-corrected chi connectivity index (χ4v) is 6.90. The molecule has 1 spiro atoms. The molecule has 2 aliphatic rings. The molecule has 3 aromatic carbocycles. The maximum atomic E-state index is 13.9. The van der Waals surface area contributed by atoms with E-state index in [0.717, 1.165) is 29.5 Å². The van der Waals surface area contributed by atoms with Crippen molar-refractivity contribution in [1.82, 2.24) is 4.57 Å². The summed E-state index contributed by atoms with van der Waals surface area (Å²) >= 11 is 0. The molecule has 2 saturated carbocycles. The summed E-state index contributed by atoms with van der Waals surface area (Å²) in [7, 11) is 0. The van der Waals surface area contributed by atoms with E-state index in [2.05, 4.69) is 11.8 Å². The van der Waals surface area contributed by atoms with Gasteiger partial charge in [0.25, 0.3) is 0 Å². The van der Waals surface area contributed by atoms with E-state index < -0.39 is 46.6 Å². The van der Waals surface area contributed by atoms with Gasteiger partial charge in [-0.1, -0.05) is 24.0 Å². The summed E-state index contributed by atoms with van der Waals surface area (Å²) in [5, 5.41) is 20.2. The van der Waals surface area contributed by atoms with Gasteiger partial charge in [0.2, 0.25) is 5.82 Å². The van der Waals surface area contributed by atoms with Crippen LogP contribution in [0.3, 0.4) is 0 Å². The van der Waals surface area contributed by atoms with E-state index in [1.54, 1.807) is 28.8 Å². The van der Waals surface area contributed by atoms with Crippen LogP contribution in [0.1, 0.15) is 53.6 Å². The molecule has 2 fully saturated rings. The Bertz CT molecular complexity index is 1940. The predicted octanol–water partition coefficient (Wildman–Crippen LogP) is 7.18. The van der Waals surface area contributed by atoms with Crippen molar-refractivity contribution in [2.45, 2.75) is 52.0 Å². The third-order valence-electron chi connectivity index (χ3n) is 9.52. The van der Waals surface area contributed by atoms with Gasteiger partial charge >= 0.3 is 11.9 Å². The molecule has 47 heavy (non-hydrogen) atoms. The molecule has 0 bridgehead atoms. The summed E-state index contributed by atoms with van der Waals surface area (Å²) in [5.74, 6) is -5.07. The van der Waals surface area contributed by atoms with Crippen molar-refractivity contribution in [2.75, 3.05) is 6.61 Å². The quantitative estimate of drug-likeness (QED) is 0.0590. The zero-order valence-electron chi connectivity index (χ0n) is 25.3. The smallest absolute Gasteiger partial charge is 0.323 e. The highest BCUT2D eigenvalue weighted by Gasteiger charge is 2.74. The minimum absolute atomic E-state index is 0.0352. The standard InChI is InChI=1S/C36H30F5NO5/c1-19-25(17-26-28(35(45)46)36(26)14-15-36)23-7-4-5-21(34(23)42(19)18-27(43)44)11-8-20-9-12-22(13-10-20)47-16-3-2-6-24-29(37)31(39)33(41)32(40)30(24)38/h4-5,7,9-10,12-13,26,28H,2-3,6,14-18H2,1H3,(H,43,44)(H,45,46). The Morgan fingerprint density at radius 3 is 2.15 bits per heavy atom. The summed E-state index contributed by atoms with van der Waals surface area (Å²) in [6.45, 7) is 1.76. The van der Waals surface area contributed by atoms with Gasteiger partial charge in [-0.05, 0) is 92.7 Å². The van der Waals surface area contributed by atoms with E-state index in [-0.39, 0.29) is 43.2 Å². The Balaban J connectivity index is 1.13. The largest absolute Gasteiger partial charge is 0.494 e. The average Bonchev–Trinajstić information content (AvgIpc) is 3.95. The van der Waals surface area contributed by atoms with E-state index >= 15 is 0 Å². The van der Waals surface area contributed by atoms with Crippen molar-refractivity contribution in [3.63, 3.8) is 0 Å². The molecule has 0 aliphatic heterocycles. The van der Waals surface area contributed by atoms with Crippen molar-refractivity contribution >= 4 is 22.8 Å². The third-order valence-corrected chi connectivity index (χ3v) is 9.52. The molecule has 0 radical (unpaired) electrons. The lowest BCUT2D eigenvalue weighted by Gasteiger charge is -2.09. The lowest BCUT2D eigenvalue weighted by atomic mass is 10.0. The molecule has 6 nitrogen and oxygen atoms in total. The first-order valence-electron chi connectivity index (χ1n) is 15.2. The number of halogens is 5. The number of ether oxygens (including phenoxy) is 1. The predicted molar refractivity (Wildman–Crippen MR) is 161 cm³/mol. The molecule has 2 aliphatic carbocycles. The molecule has 244 valence electrons. The Labute approximate surface area is 266 Å². The van der Waals surface area contributed by atoms with Gasteiger partial charge in [0, 0.05) is 27.8 Å². The van der Waals surface area contributed by atoms with Gasteiger partial charge in [0.1, 0.15) is 12.3 Å².